The van der Waals surface area contributed by atoms with E-state index >= 15 is 0 Å². The van der Waals surface area contributed by atoms with E-state index in [9.17, 15) is 9.59 Å². The third kappa shape index (κ3) is 4.75. The highest BCUT2D eigenvalue weighted by molar-refractivity contribution is 5.95. The molecule has 1 aliphatic rings. The van der Waals surface area contributed by atoms with Crippen LogP contribution in [0.15, 0.2) is 48.5 Å². The molecule has 1 fully saturated rings. The maximum absolute atomic E-state index is 12.0. The number of hydrogen-bond donors (Lipinski definition) is 2. The molecule has 2 aromatic rings. The molecule has 0 radical (unpaired) electrons. The molecule has 1 heterocycles. The predicted octanol–water partition coefficient (Wildman–Crippen LogP) is 3.05. The third-order valence-electron chi connectivity index (χ3n) is 4.35. The van der Waals surface area contributed by atoms with Crippen LogP contribution in [0, 0.1) is 0 Å². The molecule has 1 saturated heterocycles. The van der Waals surface area contributed by atoms with Crippen LogP contribution in [0.5, 0.6) is 0 Å². The first-order valence-corrected chi connectivity index (χ1v) is 8.79. The lowest BCUT2D eigenvalue weighted by molar-refractivity contribution is -0.119. The molecule has 1 amide bonds. The van der Waals surface area contributed by atoms with Crippen molar-refractivity contribution >= 4 is 28.9 Å². The largest absolute Gasteiger partial charge is 0.452 e. The smallest absolute Gasteiger partial charge is 0.338 e. The Balaban J connectivity index is 1.48. The fourth-order valence-corrected chi connectivity index (χ4v) is 2.94. The third-order valence-corrected chi connectivity index (χ3v) is 4.35. The number of rotatable bonds is 5. The highest BCUT2D eigenvalue weighted by Crippen LogP contribution is 2.21. The summed E-state index contributed by atoms with van der Waals surface area (Å²) >= 11 is 0. The standard InChI is InChI=1S/C20H23N3O3/c21-16-6-4-15(5-7-16)20(25)26-14-19(24)22-17-8-10-18(11-9-17)23-12-2-1-3-13-23/h4-11H,1-3,12-14,21H2,(H,22,24). The van der Waals surface area contributed by atoms with Crippen LogP contribution in [0.4, 0.5) is 17.1 Å². The van der Waals surface area contributed by atoms with Crippen LogP contribution in [0.1, 0.15) is 29.6 Å². The van der Waals surface area contributed by atoms with E-state index in [0.29, 0.717) is 16.9 Å². The van der Waals surface area contributed by atoms with Crippen LogP contribution < -0.4 is 16.0 Å². The average Bonchev–Trinajstić information content (AvgIpc) is 2.68. The van der Waals surface area contributed by atoms with Crippen LogP contribution in [-0.2, 0) is 9.53 Å². The number of ether oxygens (including phenoxy) is 1. The topological polar surface area (TPSA) is 84.7 Å². The number of esters is 1. The van der Waals surface area contributed by atoms with E-state index in [1.54, 1.807) is 24.3 Å². The molecule has 6 nitrogen and oxygen atoms in total. The molecule has 0 bridgehead atoms. The van der Waals surface area contributed by atoms with Gasteiger partial charge in [-0.15, -0.1) is 0 Å². The van der Waals surface area contributed by atoms with Gasteiger partial charge in [0.05, 0.1) is 5.56 Å². The van der Waals surface area contributed by atoms with Gasteiger partial charge in [0.1, 0.15) is 0 Å². The van der Waals surface area contributed by atoms with Crippen molar-refractivity contribution in [3.8, 4) is 0 Å². The number of benzene rings is 2. The number of nitrogens with two attached hydrogens (primary N) is 1. The molecule has 0 unspecified atom stereocenters. The van der Waals surface area contributed by atoms with Crippen molar-refractivity contribution < 1.29 is 14.3 Å². The number of carbonyl (C=O) groups excluding carboxylic acids is 2. The summed E-state index contributed by atoms with van der Waals surface area (Å²) in [7, 11) is 0. The number of amides is 1. The van der Waals surface area contributed by atoms with Crippen molar-refractivity contribution in [1.82, 2.24) is 0 Å². The lowest BCUT2D eigenvalue weighted by Crippen LogP contribution is -2.29. The first-order chi connectivity index (χ1) is 12.6. The number of anilines is 3. The van der Waals surface area contributed by atoms with Gasteiger partial charge in [0, 0.05) is 30.2 Å². The van der Waals surface area contributed by atoms with Gasteiger partial charge in [0.2, 0.25) is 0 Å². The summed E-state index contributed by atoms with van der Waals surface area (Å²) in [6.45, 7) is 1.82. The summed E-state index contributed by atoms with van der Waals surface area (Å²) in [6.07, 6.45) is 3.73. The molecule has 26 heavy (non-hydrogen) atoms. The van der Waals surface area contributed by atoms with E-state index in [1.165, 1.54) is 19.3 Å². The number of nitrogens with zero attached hydrogens (tertiary/aromatic N) is 1. The molecule has 0 spiro atoms. The van der Waals surface area contributed by atoms with Crippen molar-refractivity contribution in [3.63, 3.8) is 0 Å². The molecule has 136 valence electrons. The highest BCUT2D eigenvalue weighted by atomic mass is 16.5. The minimum atomic E-state index is -0.555. The Bertz CT molecular complexity index is 751. The second-order valence-electron chi connectivity index (χ2n) is 6.34. The Hall–Kier alpha value is -3.02. The molecule has 0 aromatic heterocycles. The average molecular weight is 353 g/mol. The summed E-state index contributed by atoms with van der Waals surface area (Å²) < 4.78 is 5.02. The van der Waals surface area contributed by atoms with Gasteiger partial charge in [-0.25, -0.2) is 4.79 Å². The van der Waals surface area contributed by atoms with Gasteiger partial charge in [0.15, 0.2) is 6.61 Å². The fraction of sp³-hybridized carbons (Fsp3) is 0.300. The van der Waals surface area contributed by atoms with E-state index in [2.05, 4.69) is 10.2 Å². The fourth-order valence-electron chi connectivity index (χ4n) is 2.94. The van der Waals surface area contributed by atoms with E-state index in [0.717, 1.165) is 18.8 Å². The zero-order chi connectivity index (χ0) is 18.4. The second-order valence-corrected chi connectivity index (χ2v) is 6.34. The Morgan fingerprint density at radius 1 is 0.962 bits per heavy atom. The van der Waals surface area contributed by atoms with Gasteiger partial charge < -0.3 is 20.7 Å². The van der Waals surface area contributed by atoms with Gasteiger partial charge in [-0.1, -0.05) is 0 Å². The second kappa shape index (κ2) is 8.38. The lowest BCUT2D eigenvalue weighted by Gasteiger charge is -2.28. The molecule has 1 aliphatic heterocycles. The van der Waals surface area contributed by atoms with Crippen LogP contribution in [0.25, 0.3) is 0 Å². The molecule has 0 aliphatic carbocycles. The predicted molar refractivity (Wildman–Crippen MR) is 102 cm³/mol. The maximum Gasteiger partial charge on any atom is 0.338 e. The zero-order valence-corrected chi connectivity index (χ0v) is 14.6. The van der Waals surface area contributed by atoms with Crippen LogP contribution in [0.2, 0.25) is 0 Å². The van der Waals surface area contributed by atoms with Crippen molar-refractivity contribution in [2.75, 3.05) is 35.6 Å². The maximum atomic E-state index is 12.0. The first kappa shape index (κ1) is 17.8. The highest BCUT2D eigenvalue weighted by Gasteiger charge is 2.12. The number of carbonyl (C=O) groups is 2. The van der Waals surface area contributed by atoms with Crippen LogP contribution in [0.3, 0.4) is 0 Å². The Kier molecular flexibility index (Phi) is 5.73. The Morgan fingerprint density at radius 2 is 1.62 bits per heavy atom. The summed E-state index contributed by atoms with van der Waals surface area (Å²) in [5.74, 6) is -0.930. The molecule has 3 rings (SSSR count). The van der Waals surface area contributed by atoms with Crippen LogP contribution in [-0.4, -0.2) is 31.6 Å². The molecular formula is C20H23N3O3. The normalized spacial score (nSPS) is 13.9. The minimum absolute atomic E-state index is 0.336. The number of piperidine rings is 1. The number of nitrogens with one attached hydrogen (secondary N) is 1. The minimum Gasteiger partial charge on any atom is -0.452 e. The van der Waals surface area contributed by atoms with E-state index in [1.807, 2.05) is 24.3 Å². The summed E-state index contributed by atoms with van der Waals surface area (Å²) in [4.78, 5) is 26.2. The van der Waals surface area contributed by atoms with E-state index < -0.39 is 5.97 Å². The summed E-state index contributed by atoms with van der Waals surface area (Å²) in [6, 6.07) is 14.1. The number of nitrogen functional groups attached to an aromatic ring is 1. The van der Waals surface area contributed by atoms with Crippen molar-refractivity contribution in [2.24, 2.45) is 0 Å². The molecule has 0 saturated carbocycles. The van der Waals surface area contributed by atoms with E-state index in [4.69, 9.17) is 10.5 Å². The SMILES string of the molecule is Nc1ccc(C(=O)OCC(=O)Nc2ccc(N3CCCCC3)cc2)cc1. The van der Waals surface area contributed by atoms with E-state index in [-0.39, 0.29) is 12.5 Å². The van der Waals surface area contributed by atoms with Gasteiger partial charge in [-0.3, -0.25) is 4.79 Å². The van der Waals surface area contributed by atoms with Crippen molar-refractivity contribution in [3.05, 3.63) is 54.1 Å². The summed E-state index contributed by atoms with van der Waals surface area (Å²) in [5, 5.41) is 2.73. The Morgan fingerprint density at radius 3 is 2.27 bits per heavy atom. The summed E-state index contributed by atoms with van der Waals surface area (Å²) in [5.41, 5.74) is 8.34. The van der Waals surface area contributed by atoms with Crippen molar-refractivity contribution in [2.45, 2.75) is 19.3 Å². The van der Waals surface area contributed by atoms with Crippen molar-refractivity contribution in [1.29, 1.82) is 0 Å². The molecule has 0 atom stereocenters. The zero-order valence-electron chi connectivity index (χ0n) is 14.6. The van der Waals surface area contributed by atoms with Gasteiger partial charge >= 0.3 is 5.97 Å². The lowest BCUT2D eigenvalue weighted by atomic mass is 10.1. The molecule has 6 heteroatoms. The Labute approximate surface area is 152 Å². The first-order valence-electron chi connectivity index (χ1n) is 8.79. The quantitative estimate of drug-likeness (QED) is 0.637. The van der Waals surface area contributed by atoms with Gasteiger partial charge in [0.25, 0.3) is 5.91 Å². The molecule has 3 N–H and O–H groups in total. The van der Waals surface area contributed by atoms with Gasteiger partial charge in [-0.2, -0.15) is 0 Å². The van der Waals surface area contributed by atoms with Gasteiger partial charge in [-0.05, 0) is 67.8 Å². The monoisotopic (exact) mass is 353 g/mol. The molecular weight excluding hydrogens is 330 g/mol. The van der Waals surface area contributed by atoms with Crippen LogP contribution >= 0.6 is 0 Å². The molecule has 2 aromatic carbocycles. The number of hydrogen-bond acceptors (Lipinski definition) is 5.